The van der Waals surface area contributed by atoms with Crippen LogP contribution in [-0.2, 0) is 15.8 Å². The summed E-state index contributed by atoms with van der Waals surface area (Å²) in [5.74, 6) is -0.217. The van der Waals surface area contributed by atoms with Gasteiger partial charge in [-0.2, -0.15) is 13.2 Å². The van der Waals surface area contributed by atoms with E-state index in [2.05, 4.69) is 28.1 Å². The average Bonchev–Trinajstić information content (AvgIpc) is 3.73. The van der Waals surface area contributed by atoms with E-state index in [1.807, 2.05) is 11.3 Å². The third kappa shape index (κ3) is 6.08. The van der Waals surface area contributed by atoms with Crippen molar-refractivity contribution in [2.24, 2.45) is 5.41 Å². The molecule has 1 aliphatic heterocycles. The van der Waals surface area contributed by atoms with Crippen LogP contribution in [0.3, 0.4) is 0 Å². The van der Waals surface area contributed by atoms with Gasteiger partial charge in [-0.3, -0.25) is 18.8 Å². The predicted octanol–water partition coefficient (Wildman–Crippen LogP) is 4.98. The quantitative estimate of drug-likeness (QED) is 0.191. The summed E-state index contributed by atoms with van der Waals surface area (Å²) < 4.78 is 47.1. The van der Waals surface area contributed by atoms with Gasteiger partial charge in [-0.15, -0.1) is 12.8 Å². The van der Waals surface area contributed by atoms with Gasteiger partial charge >= 0.3 is 6.18 Å². The van der Waals surface area contributed by atoms with Gasteiger partial charge in [-0.25, -0.2) is 15.0 Å². The molecule has 0 radical (unpaired) electrons. The van der Waals surface area contributed by atoms with Gasteiger partial charge in [0.15, 0.2) is 5.78 Å². The van der Waals surface area contributed by atoms with Gasteiger partial charge in [0.2, 0.25) is 5.91 Å². The van der Waals surface area contributed by atoms with Gasteiger partial charge in [0.1, 0.15) is 39.8 Å². The number of carbonyl (C=O) groups excluding carboxylic acids is 3. The van der Waals surface area contributed by atoms with Crippen molar-refractivity contribution in [3.63, 3.8) is 0 Å². The van der Waals surface area contributed by atoms with Crippen molar-refractivity contribution >= 4 is 34.8 Å². The molecule has 2 fully saturated rings. The van der Waals surface area contributed by atoms with Crippen molar-refractivity contribution in [3.8, 4) is 29.9 Å². The molecule has 3 N–H and O–H groups in total. The molecule has 1 saturated carbocycles. The van der Waals surface area contributed by atoms with Gasteiger partial charge in [0, 0.05) is 42.2 Å². The number of hydrogen-bond donors (Lipinski definition) is 2. The number of imidazole rings is 1. The zero-order chi connectivity index (χ0) is 34.1. The van der Waals surface area contributed by atoms with Gasteiger partial charge in [-0.1, -0.05) is 6.92 Å². The number of amides is 2. The van der Waals surface area contributed by atoms with E-state index in [9.17, 15) is 27.6 Å². The van der Waals surface area contributed by atoms with Crippen LogP contribution < -0.4 is 15.8 Å². The third-order valence-corrected chi connectivity index (χ3v) is 8.35. The fraction of sp³-hybridized carbons (Fsp3) is 0.333. The van der Waals surface area contributed by atoms with Gasteiger partial charge in [0.25, 0.3) is 5.91 Å². The number of ketones is 1. The molecule has 11 nitrogen and oxygen atoms in total. The summed E-state index contributed by atoms with van der Waals surface area (Å²) in [4.78, 5) is 53.3. The first-order chi connectivity index (χ1) is 22.5. The minimum absolute atomic E-state index is 0.0289. The summed E-state index contributed by atoms with van der Waals surface area (Å²) in [5.41, 5.74) is 6.15. The van der Waals surface area contributed by atoms with Crippen LogP contribution >= 0.6 is 0 Å². The standard InChI is InChI=1S/C31H30F3N7O4.C2H2/c1-3-17(15-40-16-22(42)30(8-9-30)29(40)44)27-39-24(25-26(35)37-11-12-41(25)27)20-6-5-18(13-21(20)45-4-2)28(43)38-23-14-19(7-10-36-23)31(32,33)34;1-2/h5-7,10-14,17H,3-4,8-9,15-16H2,1-2H3,(H2,35,37)(H,36,38,43);1-2H/t17-;/m1./s1. The molecule has 244 valence electrons. The highest BCUT2D eigenvalue weighted by Gasteiger charge is 2.62. The van der Waals surface area contributed by atoms with Crippen LogP contribution in [0.5, 0.6) is 5.75 Å². The summed E-state index contributed by atoms with van der Waals surface area (Å²) in [7, 11) is 0. The number of anilines is 2. The minimum Gasteiger partial charge on any atom is -0.493 e. The lowest BCUT2D eigenvalue weighted by molar-refractivity contribution is -0.137. The van der Waals surface area contributed by atoms with Crippen LogP contribution in [0.25, 0.3) is 16.8 Å². The Balaban J connectivity index is 0.00000213. The fourth-order valence-corrected chi connectivity index (χ4v) is 5.80. The first-order valence-corrected chi connectivity index (χ1v) is 14.9. The highest BCUT2D eigenvalue weighted by molar-refractivity contribution is 6.15. The molecule has 1 atom stereocenters. The Morgan fingerprint density at radius 3 is 2.51 bits per heavy atom. The smallest absolute Gasteiger partial charge is 0.416 e. The van der Waals surface area contributed by atoms with Crippen molar-refractivity contribution in [1.29, 1.82) is 0 Å². The van der Waals surface area contributed by atoms with Crippen LogP contribution in [0.2, 0.25) is 0 Å². The second-order valence-electron chi connectivity index (χ2n) is 11.2. The fourth-order valence-electron chi connectivity index (χ4n) is 5.80. The maximum absolute atomic E-state index is 13.1. The molecule has 14 heteroatoms. The van der Waals surface area contributed by atoms with E-state index in [4.69, 9.17) is 15.5 Å². The molecule has 0 unspecified atom stereocenters. The van der Waals surface area contributed by atoms with E-state index in [1.54, 1.807) is 30.3 Å². The van der Waals surface area contributed by atoms with Gasteiger partial charge in [-0.05, 0) is 56.5 Å². The normalized spacial score (nSPS) is 15.8. The molecule has 1 saturated heterocycles. The largest absolute Gasteiger partial charge is 0.493 e. The number of nitrogen functional groups attached to an aromatic ring is 1. The number of likely N-dealkylation sites (tertiary alicyclic amines) is 1. The number of aromatic nitrogens is 4. The zero-order valence-corrected chi connectivity index (χ0v) is 25.7. The van der Waals surface area contributed by atoms with Crippen molar-refractivity contribution in [1.82, 2.24) is 24.3 Å². The number of benzene rings is 1. The number of terminal acetylenes is 1. The molecule has 0 bridgehead atoms. The van der Waals surface area contributed by atoms with E-state index >= 15 is 0 Å². The molecule has 47 heavy (non-hydrogen) atoms. The first kappa shape index (κ1) is 32.9. The number of nitrogens with two attached hydrogens (primary N) is 1. The van der Waals surface area contributed by atoms with Crippen molar-refractivity contribution in [2.45, 2.75) is 45.2 Å². The number of pyridine rings is 1. The number of nitrogens with one attached hydrogen (secondary N) is 1. The number of Topliss-reactive ketones (excluding diaryl/α,β-unsaturated/α-hetero) is 1. The number of halogens is 3. The van der Waals surface area contributed by atoms with Crippen LogP contribution in [0.4, 0.5) is 24.8 Å². The molecule has 6 rings (SSSR count). The highest BCUT2D eigenvalue weighted by atomic mass is 19.4. The molecular weight excluding hydrogens is 615 g/mol. The third-order valence-electron chi connectivity index (χ3n) is 8.35. The molecule has 4 aromatic rings. The number of hydrogen-bond acceptors (Lipinski definition) is 8. The van der Waals surface area contributed by atoms with Crippen molar-refractivity contribution in [2.75, 3.05) is 30.7 Å². The summed E-state index contributed by atoms with van der Waals surface area (Å²) in [5, 5.41) is 2.40. The molecule has 3 aromatic heterocycles. The zero-order valence-electron chi connectivity index (χ0n) is 25.7. The lowest BCUT2D eigenvalue weighted by Crippen LogP contribution is -2.32. The molecule has 1 aliphatic carbocycles. The van der Waals surface area contributed by atoms with Crippen LogP contribution in [0.15, 0.2) is 48.9 Å². The number of ether oxygens (including phenoxy) is 1. The Kier molecular flexibility index (Phi) is 8.93. The Bertz CT molecular complexity index is 1880. The minimum atomic E-state index is -4.59. The Morgan fingerprint density at radius 1 is 1.13 bits per heavy atom. The lowest BCUT2D eigenvalue weighted by atomic mass is 10.0. The van der Waals surface area contributed by atoms with Crippen molar-refractivity contribution < 1.29 is 32.3 Å². The number of alkyl halides is 3. The second-order valence-corrected chi connectivity index (χ2v) is 11.2. The maximum Gasteiger partial charge on any atom is 0.416 e. The van der Waals surface area contributed by atoms with Gasteiger partial charge < -0.3 is 20.7 Å². The number of fused-ring (bicyclic) bond motifs is 1. The lowest BCUT2D eigenvalue weighted by Gasteiger charge is -2.22. The molecule has 1 spiro atoms. The summed E-state index contributed by atoms with van der Waals surface area (Å²) in [6, 6.07) is 6.17. The van der Waals surface area contributed by atoms with E-state index in [0.717, 1.165) is 18.3 Å². The second kappa shape index (κ2) is 12.7. The molecule has 4 heterocycles. The SMILES string of the molecule is C#C.CCOc1cc(C(=O)Nc2cc(C(F)(F)F)ccn2)ccc1-c1nc([C@H](CC)CN2CC(=O)C3(CC3)C2=O)n2ccnc(N)c12. The first-order valence-electron chi connectivity index (χ1n) is 14.9. The van der Waals surface area contributed by atoms with E-state index in [1.165, 1.54) is 12.1 Å². The number of carbonyl (C=O) groups is 3. The van der Waals surface area contributed by atoms with Crippen LogP contribution in [-0.4, -0.2) is 61.5 Å². The highest BCUT2D eigenvalue weighted by Crippen LogP contribution is 2.51. The summed E-state index contributed by atoms with van der Waals surface area (Å²) >= 11 is 0. The Hall–Kier alpha value is -5.45. The number of rotatable bonds is 9. The van der Waals surface area contributed by atoms with Crippen LogP contribution in [0.1, 0.15) is 60.8 Å². The van der Waals surface area contributed by atoms with Crippen LogP contribution in [0, 0.1) is 18.3 Å². The maximum atomic E-state index is 13.1. The molecule has 2 amide bonds. The Morgan fingerprint density at radius 2 is 1.87 bits per heavy atom. The molecular formula is C33H32F3N7O4. The van der Waals surface area contributed by atoms with Crippen molar-refractivity contribution in [3.05, 3.63) is 65.9 Å². The molecule has 1 aromatic carbocycles. The average molecular weight is 648 g/mol. The van der Waals surface area contributed by atoms with E-state index in [-0.39, 0.29) is 48.0 Å². The monoisotopic (exact) mass is 647 g/mol. The molecule has 2 aliphatic rings. The topological polar surface area (TPSA) is 145 Å². The van der Waals surface area contributed by atoms with E-state index in [0.29, 0.717) is 54.2 Å². The van der Waals surface area contributed by atoms with Gasteiger partial charge in [0.05, 0.1) is 18.7 Å². The summed E-state index contributed by atoms with van der Waals surface area (Å²) in [6.45, 7) is 4.38. The summed E-state index contributed by atoms with van der Waals surface area (Å²) in [6.07, 6.45) is 9.47. The number of nitrogens with zero attached hydrogens (tertiary/aromatic N) is 5. The predicted molar refractivity (Wildman–Crippen MR) is 167 cm³/mol. The Labute approximate surface area is 268 Å². The van der Waals surface area contributed by atoms with E-state index < -0.39 is 23.1 Å².